The Labute approximate surface area is 94.5 Å². The van der Waals surface area contributed by atoms with Gasteiger partial charge in [0.25, 0.3) is 0 Å². The van der Waals surface area contributed by atoms with E-state index in [1.807, 2.05) is 18.2 Å². The lowest BCUT2D eigenvalue weighted by Gasteiger charge is -2.28. The molecule has 1 aliphatic rings. The van der Waals surface area contributed by atoms with Crippen molar-refractivity contribution < 1.29 is 9.90 Å². The number of para-hydroxylation sites is 1. The molecule has 0 amide bonds. The highest BCUT2D eigenvalue weighted by atomic mass is 16.4. The van der Waals surface area contributed by atoms with Crippen LogP contribution >= 0.6 is 0 Å². The zero-order valence-corrected chi connectivity index (χ0v) is 9.02. The molecule has 86 valence electrons. The Balaban J connectivity index is 2.00. The molecule has 0 saturated heterocycles. The highest BCUT2D eigenvalue weighted by Crippen LogP contribution is 2.25. The third kappa shape index (κ3) is 2.33. The minimum Gasteiger partial charge on any atom is -0.480 e. The Morgan fingerprint density at radius 3 is 3.06 bits per heavy atom. The first-order chi connectivity index (χ1) is 7.66. The van der Waals surface area contributed by atoms with Crippen LogP contribution < -0.4 is 11.1 Å². The molecule has 0 aromatic heterocycles. The van der Waals surface area contributed by atoms with Crippen LogP contribution in [0.4, 0.5) is 5.69 Å². The predicted octanol–water partition coefficient (Wildman–Crippen LogP) is 1.22. The molecule has 4 N–H and O–H groups in total. The van der Waals surface area contributed by atoms with Gasteiger partial charge in [0.15, 0.2) is 0 Å². The van der Waals surface area contributed by atoms with E-state index in [-0.39, 0.29) is 6.04 Å². The number of aliphatic carboxylic acids is 1. The maximum Gasteiger partial charge on any atom is 0.320 e. The molecular formula is C12H16N2O2. The molecule has 4 heteroatoms. The van der Waals surface area contributed by atoms with Gasteiger partial charge in [-0.25, -0.2) is 0 Å². The van der Waals surface area contributed by atoms with Gasteiger partial charge in [-0.1, -0.05) is 18.2 Å². The molecule has 0 radical (unpaired) electrons. The number of nitrogens with one attached hydrogen (secondary N) is 1. The van der Waals surface area contributed by atoms with Crippen LogP contribution in [0.3, 0.4) is 0 Å². The average Bonchev–Trinajstić information content (AvgIpc) is 2.28. The summed E-state index contributed by atoms with van der Waals surface area (Å²) in [6.45, 7) is 0. The largest absolute Gasteiger partial charge is 0.480 e. The van der Waals surface area contributed by atoms with Crippen LogP contribution in [0.1, 0.15) is 18.4 Å². The highest BCUT2D eigenvalue weighted by molar-refractivity contribution is 5.73. The third-order valence-electron chi connectivity index (χ3n) is 2.99. The maximum atomic E-state index is 10.7. The van der Waals surface area contributed by atoms with Gasteiger partial charge in [-0.3, -0.25) is 4.79 Å². The van der Waals surface area contributed by atoms with Crippen molar-refractivity contribution in [1.29, 1.82) is 0 Å². The van der Waals surface area contributed by atoms with Gasteiger partial charge in [0, 0.05) is 11.7 Å². The highest BCUT2D eigenvalue weighted by Gasteiger charge is 2.22. The Morgan fingerprint density at radius 1 is 1.56 bits per heavy atom. The van der Waals surface area contributed by atoms with Gasteiger partial charge in [-0.2, -0.15) is 0 Å². The van der Waals surface area contributed by atoms with E-state index >= 15 is 0 Å². The van der Waals surface area contributed by atoms with Crippen LogP contribution in [0.2, 0.25) is 0 Å². The summed E-state index contributed by atoms with van der Waals surface area (Å²) in [5.74, 6) is -0.930. The van der Waals surface area contributed by atoms with E-state index in [2.05, 4.69) is 11.4 Å². The predicted molar refractivity (Wildman–Crippen MR) is 62.4 cm³/mol. The number of anilines is 1. The number of aryl methyl sites for hydroxylation is 1. The fraction of sp³-hybridized carbons (Fsp3) is 0.417. The quantitative estimate of drug-likeness (QED) is 0.715. The molecule has 0 spiro atoms. The van der Waals surface area contributed by atoms with Crippen molar-refractivity contribution in [3.05, 3.63) is 29.8 Å². The molecule has 0 saturated carbocycles. The van der Waals surface area contributed by atoms with E-state index in [4.69, 9.17) is 10.8 Å². The molecule has 16 heavy (non-hydrogen) atoms. The Morgan fingerprint density at radius 2 is 2.31 bits per heavy atom. The second-order valence-corrected chi connectivity index (χ2v) is 4.22. The van der Waals surface area contributed by atoms with Crippen molar-refractivity contribution in [3.63, 3.8) is 0 Å². The lowest BCUT2D eigenvalue weighted by atomic mass is 9.94. The molecule has 0 aliphatic carbocycles. The zero-order valence-electron chi connectivity index (χ0n) is 9.02. The molecule has 1 aromatic carbocycles. The van der Waals surface area contributed by atoms with Crippen LogP contribution in [-0.4, -0.2) is 23.2 Å². The average molecular weight is 220 g/mol. The van der Waals surface area contributed by atoms with Crippen molar-refractivity contribution in [2.24, 2.45) is 5.73 Å². The first-order valence-corrected chi connectivity index (χ1v) is 5.49. The first-order valence-electron chi connectivity index (χ1n) is 5.49. The van der Waals surface area contributed by atoms with Crippen LogP contribution in [0.5, 0.6) is 0 Å². The molecule has 2 atom stereocenters. The van der Waals surface area contributed by atoms with Gasteiger partial charge in [-0.05, 0) is 30.9 Å². The number of nitrogens with two attached hydrogens (primary N) is 1. The van der Waals surface area contributed by atoms with E-state index in [1.165, 1.54) is 5.56 Å². The molecule has 1 heterocycles. The van der Waals surface area contributed by atoms with Gasteiger partial charge >= 0.3 is 5.97 Å². The number of carboxylic acids is 1. The molecule has 0 bridgehead atoms. The van der Waals surface area contributed by atoms with Crippen molar-refractivity contribution in [2.75, 3.05) is 5.32 Å². The lowest BCUT2D eigenvalue weighted by molar-refractivity contribution is -0.138. The van der Waals surface area contributed by atoms with Crippen LogP contribution in [-0.2, 0) is 11.2 Å². The van der Waals surface area contributed by atoms with E-state index in [9.17, 15) is 4.79 Å². The zero-order chi connectivity index (χ0) is 11.5. The number of carbonyl (C=O) groups is 1. The minimum absolute atomic E-state index is 0.168. The molecular weight excluding hydrogens is 204 g/mol. The molecule has 1 aromatic rings. The van der Waals surface area contributed by atoms with Gasteiger partial charge < -0.3 is 16.2 Å². The standard InChI is InChI=1S/C12H16N2O2/c13-10(12(15)16)7-9-6-5-8-3-1-2-4-11(8)14-9/h1-4,9-10,14H,5-7,13H2,(H,15,16)/t9?,10-/m0/s1. The minimum atomic E-state index is -0.930. The van der Waals surface area contributed by atoms with Crippen LogP contribution in [0.25, 0.3) is 0 Å². The summed E-state index contributed by atoms with van der Waals surface area (Å²) in [7, 11) is 0. The van der Waals surface area contributed by atoms with E-state index in [1.54, 1.807) is 0 Å². The molecule has 1 unspecified atom stereocenters. The SMILES string of the molecule is N[C@@H](CC1CCc2ccccc2N1)C(=O)O. The van der Waals surface area contributed by atoms with Crippen molar-refractivity contribution in [3.8, 4) is 0 Å². The number of benzene rings is 1. The molecule has 1 aliphatic heterocycles. The second-order valence-electron chi connectivity index (χ2n) is 4.22. The van der Waals surface area contributed by atoms with Crippen LogP contribution in [0.15, 0.2) is 24.3 Å². The second kappa shape index (κ2) is 4.53. The molecule has 0 fully saturated rings. The first kappa shape index (κ1) is 11.0. The Hall–Kier alpha value is -1.55. The summed E-state index contributed by atoms with van der Waals surface area (Å²) in [5.41, 5.74) is 7.93. The summed E-state index contributed by atoms with van der Waals surface area (Å²) in [6, 6.07) is 7.50. The van der Waals surface area contributed by atoms with E-state index in [0.717, 1.165) is 18.5 Å². The van der Waals surface area contributed by atoms with Gasteiger partial charge in [-0.15, -0.1) is 0 Å². The van der Waals surface area contributed by atoms with Crippen LogP contribution in [0, 0.1) is 0 Å². The number of fused-ring (bicyclic) bond motifs is 1. The Bertz CT molecular complexity index is 392. The number of rotatable bonds is 3. The van der Waals surface area contributed by atoms with Crippen molar-refractivity contribution >= 4 is 11.7 Å². The summed E-state index contributed by atoms with van der Waals surface area (Å²) in [5, 5.41) is 12.1. The topological polar surface area (TPSA) is 75.3 Å². The Kier molecular flexibility index (Phi) is 3.10. The normalized spacial score (nSPS) is 20.7. The van der Waals surface area contributed by atoms with E-state index < -0.39 is 12.0 Å². The third-order valence-corrected chi connectivity index (χ3v) is 2.99. The van der Waals surface area contributed by atoms with Gasteiger partial charge in [0.05, 0.1) is 0 Å². The van der Waals surface area contributed by atoms with E-state index in [0.29, 0.717) is 6.42 Å². The fourth-order valence-corrected chi connectivity index (χ4v) is 2.09. The summed E-state index contributed by atoms with van der Waals surface area (Å²) >= 11 is 0. The number of hydrogen-bond acceptors (Lipinski definition) is 3. The van der Waals surface area contributed by atoms with Crippen molar-refractivity contribution in [1.82, 2.24) is 0 Å². The smallest absolute Gasteiger partial charge is 0.320 e. The fourth-order valence-electron chi connectivity index (χ4n) is 2.09. The lowest BCUT2D eigenvalue weighted by Crippen LogP contribution is -2.38. The monoisotopic (exact) mass is 220 g/mol. The van der Waals surface area contributed by atoms with Gasteiger partial charge in [0.2, 0.25) is 0 Å². The summed E-state index contributed by atoms with van der Waals surface area (Å²) in [4.78, 5) is 10.7. The molecule has 4 nitrogen and oxygen atoms in total. The van der Waals surface area contributed by atoms with Gasteiger partial charge in [0.1, 0.15) is 6.04 Å². The number of hydrogen-bond donors (Lipinski definition) is 3. The number of carboxylic acid groups (broad SMARTS) is 1. The van der Waals surface area contributed by atoms with Crippen molar-refractivity contribution in [2.45, 2.75) is 31.3 Å². The summed E-state index contributed by atoms with van der Waals surface area (Å²) < 4.78 is 0. The summed E-state index contributed by atoms with van der Waals surface area (Å²) in [6.07, 6.45) is 2.40. The maximum absolute atomic E-state index is 10.7. The molecule has 2 rings (SSSR count).